The zero-order valence-electron chi connectivity index (χ0n) is 12.1. The van der Waals surface area contributed by atoms with Crippen LogP contribution in [0.15, 0.2) is 0 Å². The van der Waals surface area contributed by atoms with Gasteiger partial charge in [0.2, 0.25) is 0 Å². The van der Waals surface area contributed by atoms with Gasteiger partial charge in [0.05, 0.1) is 0 Å². The van der Waals surface area contributed by atoms with Gasteiger partial charge >= 0.3 is 106 Å². The van der Waals surface area contributed by atoms with Crippen molar-refractivity contribution in [2.24, 2.45) is 5.41 Å². The van der Waals surface area contributed by atoms with Crippen LogP contribution in [0.3, 0.4) is 0 Å². The molecule has 0 saturated heterocycles. The monoisotopic (exact) mass is 291 g/mol. The molecular weight excluding hydrogens is 261 g/mol. The fourth-order valence-electron chi connectivity index (χ4n) is 1.35. The molecule has 0 aliphatic rings. The van der Waals surface area contributed by atoms with E-state index in [0.29, 0.717) is 16.5 Å². The second-order valence-corrected chi connectivity index (χ2v) is 13.1. The molecule has 0 fully saturated rings. The Labute approximate surface area is 107 Å². The molecule has 0 rings (SSSR count). The Hall–Kier alpha value is 0.463. The Morgan fingerprint density at radius 3 is 1.94 bits per heavy atom. The van der Waals surface area contributed by atoms with Crippen LogP contribution in [0.5, 0.6) is 0 Å². The van der Waals surface area contributed by atoms with Gasteiger partial charge in [0, 0.05) is 0 Å². The topological polar surface area (TPSA) is 18.5 Å². The summed E-state index contributed by atoms with van der Waals surface area (Å²) in [5, 5.41) is 1.26. The first-order valence-electron chi connectivity index (χ1n) is 6.23. The van der Waals surface area contributed by atoms with E-state index in [1.54, 1.807) is 0 Å². The maximum atomic E-state index is 5.99. The van der Waals surface area contributed by atoms with Gasteiger partial charge in [-0.1, -0.05) is 0 Å². The SMILES string of the molecule is CCOC[O][Ge]([CH2]CC(C)(C)C)[C](C)(C)C. The standard InChI is InChI=1S/C13H29GeO2/c1-8-15-11-16-14(13(5,6)7)10-9-12(2,3)4/h8-11H2,1-7H3. The van der Waals surface area contributed by atoms with Gasteiger partial charge in [-0.2, -0.15) is 0 Å². The van der Waals surface area contributed by atoms with Crippen LogP contribution in [-0.2, 0) is 8.50 Å². The van der Waals surface area contributed by atoms with E-state index >= 15 is 0 Å². The predicted octanol–water partition coefficient (Wildman–Crippen LogP) is 4.22. The van der Waals surface area contributed by atoms with Crippen molar-refractivity contribution in [1.82, 2.24) is 0 Å². The van der Waals surface area contributed by atoms with Crippen LogP contribution >= 0.6 is 0 Å². The summed E-state index contributed by atoms with van der Waals surface area (Å²) < 4.78 is 11.6. The van der Waals surface area contributed by atoms with Crippen molar-refractivity contribution < 1.29 is 8.50 Å². The molecular formula is C13H29GeO2. The van der Waals surface area contributed by atoms with Crippen molar-refractivity contribution in [3.05, 3.63) is 0 Å². The van der Waals surface area contributed by atoms with Crippen molar-refractivity contribution in [2.75, 3.05) is 13.4 Å². The third kappa shape index (κ3) is 8.60. The van der Waals surface area contributed by atoms with Crippen LogP contribution in [0.1, 0.15) is 54.9 Å². The second kappa shape index (κ2) is 7.02. The molecule has 0 aliphatic heterocycles. The normalized spacial score (nSPS) is 13.5. The minimum atomic E-state index is -1.47. The van der Waals surface area contributed by atoms with Crippen LogP contribution in [0, 0.1) is 5.41 Å². The molecule has 0 aromatic rings. The van der Waals surface area contributed by atoms with Crippen LogP contribution in [-0.4, -0.2) is 28.1 Å². The van der Waals surface area contributed by atoms with Gasteiger partial charge in [0.25, 0.3) is 0 Å². The van der Waals surface area contributed by atoms with Gasteiger partial charge in [0.1, 0.15) is 0 Å². The Bertz CT molecular complexity index is 179. The predicted molar refractivity (Wildman–Crippen MR) is 71.9 cm³/mol. The molecule has 0 unspecified atom stereocenters. The first-order valence-corrected chi connectivity index (χ1v) is 9.62. The van der Waals surface area contributed by atoms with E-state index in [-0.39, 0.29) is 0 Å². The van der Waals surface area contributed by atoms with Crippen LogP contribution in [0.25, 0.3) is 0 Å². The molecule has 0 aromatic heterocycles. The van der Waals surface area contributed by atoms with Crippen LogP contribution in [0.2, 0.25) is 9.50 Å². The van der Waals surface area contributed by atoms with Gasteiger partial charge in [-0.3, -0.25) is 0 Å². The minimum absolute atomic E-state index is 0.350. The summed E-state index contributed by atoms with van der Waals surface area (Å²) in [6.45, 7) is 17.1. The molecule has 1 radical (unpaired) electrons. The number of hydrogen-bond donors (Lipinski definition) is 0. The zero-order chi connectivity index (χ0) is 12.8. The first kappa shape index (κ1) is 16.5. The molecule has 0 aliphatic carbocycles. The molecule has 0 spiro atoms. The van der Waals surface area contributed by atoms with Crippen molar-refractivity contribution in [3.63, 3.8) is 0 Å². The molecule has 0 amide bonds. The summed E-state index contributed by atoms with van der Waals surface area (Å²) in [6.07, 6.45) is 1.26. The van der Waals surface area contributed by atoms with Gasteiger partial charge in [-0.25, -0.2) is 0 Å². The Kier molecular flexibility index (Phi) is 7.22. The molecule has 97 valence electrons. The third-order valence-corrected chi connectivity index (χ3v) is 8.43. The average molecular weight is 290 g/mol. The van der Waals surface area contributed by atoms with Crippen molar-refractivity contribution >= 4 is 14.7 Å². The summed E-state index contributed by atoms with van der Waals surface area (Å²) in [7, 11) is 0. The molecule has 2 nitrogen and oxygen atoms in total. The Morgan fingerprint density at radius 1 is 1.00 bits per heavy atom. The molecule has 16 heavy (non-hydrogen) atoms. The van der Waals surface area contributed by atoms with E-state index in [4.69, 9.17) is 8.50 Å². The first-order chi connectivity index (χ1) is 7.17. The van der Waals surface area contributed by atoms with E-state index < -0.39 is 14.7 Å². The number of hydrogen-bond acceptors (Lipinski definition) is 2. The van der Waals surface area contributed by atoms with E-state index in [1.165, 1.54) is 11.7 Å². The van der Waals surface area contributed by atoms with Crippen molar-refractivity contribution in [1.29, 1.82) is 0 Å². The molecule has 0 N–H and O–H groups in total. The van der Waals surface area contributed by atoms with Gasteiger partial charge < -0.3 is 0 Å². The van der Waals surface area contributed by atoms with Gasteiger partial charge in [-0.15, -0.1) is 0 Å². The van der Waals surface area contributed by atoms with E-state index in [9.17, 15) is 0 Å². The number of rotatable bonds is 6. The summed E-state index contributed by atoms with van der Waals surface area (Å²) >= 11 is -1.47. The quantitative estimate of drug-likeness (QED) is 0.414. The molecule has 0 aromatic carbocycles. The van der Waals surface area contributed by atoms with E-state index in [2.05, 4.69) is 41.5 Å². The fourth-order valence-corrected chi connectivity index (χ4v) is 6.66. The Balaban J connectivity index is 4.12. The summed E-state index contributed by atoms with van der Waals surface area (Å²) in [6, 6.07) is 0. The summed E-state index contributed by atoms with van der Waals surface area (Å²) in [5.74, 6) is 0. The summed E-state index contributed by atoms with van der Waals surface area (Å²) in [5.41, 5.74) is 0.415. The molecule has 0 bridgehead atoms. The van der Waals surface area contributed by atoms with E-state index in [1.807, 2.05) is 6.92 Å². The Morgan fingerprint density at radius 2 is 1.56 bits per heavy atom. The third-order valence-electron chi connectivity index (χ3n) is 2.46. The maximum absolute atomic E-state index is 5.99. The van der Waals surface area contributed by atoms with Crippen LogP contribution in [0.4, 0.5) is 0 Å². The molecule has 0 saturated carbocycles. The van der Waals surface area contributed by atoms with Crippen molar-refractivity contribution in [2.45, 2.75) is 64.4 Å². The number of ether oxygens (including phenoxy) is 1. The average Bonchev–Trinajstić information content (AvgIpc) is 2.07. The van der Waals surface area contributed by atoms with Gasteiger partial charge in [0.15, 0.2) is 0 Å². The molecule has 3 heteroatoms. The van der Waals surface area contributed by atoms with E-state index in [0.717, 1.165) is 6.61 Å². The molecule has 0 atom stereocenters. The molecule has 0 heterocycles. The van der Waals surface area contributed by atoms with Crippen LogP contribution < -0.4 is 0 Å². The summed E-state index contributed by atoms with van der Waals surface area (Å²) in [4.78, 5) is 0. The fraction of sp³-hybridized carbons (Fsp3) is 1.00. The van der Waals surface area contributed by atoms with Crippen molar-refractivity contribution in [3.8, 4) is 0 Å². The van der Waals surface area contributed by atoms with Gasteiger partial charge in [-0.05, 0) is 0 Å². The second-order valence-electron chi connectivity index (χ2n) is 6.49. The zero-order valence-corrected chi connectivity index (χ0v) is 14.2.